The standard InChI is InChI=1S/C35H49N3O10/c1-21(2)15-25(16-27(40)13-14-38-30(42)18-28(34(38)47)35(4,5)6)33(46)36-22(3)29(41)17-24(9-12-31(43)44)32(45)37-26-10-7-23(8-11-26)19-48-20-39/h7-8,10-11,20-22,24-25,28H,9,12-19H2,1-6H3,(H,36,46)(H,37,45)(H,43,44)/t22-,24+,25-,28?/m0/s1/i20D. The molecule has 0 aliphatic carbocycles. The fourth-order valence-corrected chi connectivity index (χ4v) is 5.56. The minimum absolute atomic E-state index is 0.0367. The van der Waals surface area contributed by atoms with Crippen LogP contribution in [0.5, 0.6) is 0 Å². The van der Waals surface area contributed by atoms with E-state index in [1.807, 2.05) is 34.6 Å². The highest BCUT2D eigenvalue weighted by Gasteiger charge is 2.44. The molecule has 1 aromatic rings. The van der Waals surface area contributed by atoms with Crippen molar-refractivity contribution in [1.82, 2.24) is 10.2 Å². The smallest absolute Gasteiger partial charge is 0.303 e. The maximum Gasteiger partial charge on any atom is 0.303 e. The molecule has 1 aliphatic heterocycles. The summed E-state index contributed by atoms with van der Waals surface area (Å²) < 4.78 is 11.4. The minimum Gasteiger partial charge on any atom is -0.481 e. The van der Waals surface area contributed by atoms with E-state index in [1.54, 1.807) is 12.1 Å². The highest BCUT2D eigenvalue weighted by molar-refractivity contribution is 6.04. The van der Waals surface area contributed by atoms with Crippen molar-refractivity contribution < 1.29 is 49.6 Å². The van der Waals surface area contributed by atoms with E-state index in [-0.39, 0.29) is 75.2 Å². The summed E-state index contributed by atoms with van der Waals surface area (Å²) in [5, 5.41) is 14.5. The molecule has 1 unspecified atom stereocenters. The molecule has 13 heteroatoms. The van der Waals surface area contributed by atoms with Crippen LogP contribution in [0.1, 0.15) is 93.4 Å². The lowest BCUT2D eigenvalue weighted by molar-refractivity contribution is -0.141. The van der Waals surface area contributed by atoms with Crippen LogP contribution in [-0.4, -0.2) is 70.2 Å². The van der Waals surface area contributed by atoms with Gasteiger partial charge in [-0.3, -0.25) is 43.3 Å². The van der Waals surface area contributed by atoms with Gasteiger partial charge < -0.3 is 20.5 Å². The van der Waals surface area contributed by atoms with E-state index in [0.29, 0.717) is 17.7 Å². The normalized spacial score (nSPS) is 16.9. The second kappa shape index (κ2) is 18.2. The molecule has 0 saturated carbocycles. The van der Waals surface area contributed by atoms with Gasteiger partial charge in [0, 0.05) is 56.2 Å². The van der Waals surface area contributed by atoms with Crippen LogP contribution in [0, 0.1) is 29.1 Å². The molecule has 3 N–H and O–H groups in total. The number of carboxylic acids is 1. The number of ether oxygens (including phenoxy) is 1. The molecule has 1 aromatic carbocycles. The summed E-state index contributed by atoms with van der Waals surface area (Å²) in [5.74, 6) is -5.88. The maximum absolute atomic E-state index is 13.3. The molecule has 1 fully saturated rings. The van der Waals surface area contributed by atoms with E-state index in [0.717, 1.165) is 4.90 Å². The Labute approximate surface area is 282 Å². The van der Waals surface area contributed by atoms with Gasteiger partial charge in [0.25, 0.3) is 6.45 Å². The summed E-state index contributed by atoms with van der Waals surface area (Å²) >= 11 is 0. The molecule has 0 aromatic heterocycles. The van der Waals surface area contributed by atoms with Crippen LogP contribution in [0.3, 0.4) is 0 Å². The van der Waals surface area contributed by atoms with Gasteiger partial charge in [0.15, 0.2) is 7.15 Å². The molecule has 2 rings (SSSR count). The summed E-state index contributed by atoms with van der Waals surface area (Å²) in [5.41, 5.74) is 0.536. The Morgan fingerprint density at radius 2 is 1.67 bits per heavy atom. The lowest BCUT2D eigenvalue weighted by Gasteiger charge is -2.25. The van der Waals surface area contributed by atoms with Crippen LogP contribution < -0.4 is 10.6 Å². The van der Waals surface area contributed by atoms with Gasteiger partial charge in [0.1, 0.15) is 12.4 Å². The van der Waals surface area contributed by atoms with E-state index in [1.165, 1.54) is 19.1 Å². The average Bonchev–Trinajstić information content (AvgIpc) is 3.29. The van der Waals surface area contributed by atoms with E-state index >= 15 is 0 Å². The molecule has 4 amide bonds. The van der Waals surface area contributed by atoms with E-state index in [2.05, 4.69) is 15.4 Å². The van der Waals surface area contributed by atoms with Gasteiger partial charge in [0.2, 0.25) is 23.6 Å². The van der Waals surface area contributed by atoms with E-state index in [9.17, 15) is 43.5 Å². The van der Waals surface area contributed by atoms with Gasteiger partial charge in [-0.2, -0.15) is 0 Å². The number of Topliss-reactive ketones (excluding diaryl/α,β-unsaturated/α-hetero) is 2. The van der Waals surface area contributed by atoms with Crippen LogP contribution >= 0.6 is 0 Å². The zero-order valence-corrected chi connectivity index (χ0v) is 28.6. The van der Waals surface area contributed by atoms with Crippen LogP contribution in [0.15, 0.2) is 24.3 Å². The van der Waals surface area contributed by atoms with E-state index in [4.69, 9.17) is 1.37 Å². The first kappa shape index (κ1) is 38.0. The lowest BCUT2D eigenvalue weighted by Crippen LogP contribution is -2.43. The number of aliphatic carboxylic acids is 1. The molecule has 13 nitrogen and oxygen atoms in total. The van der Waals surface area contributed by atoms with Crippen LogP contribution in [0.25, 0.3) is 0 Å². The van der Waals surface area contributed by atoms with Crippen molar-refractivity contribution in [3.63, 3.8) is 0 Å². The molecule has 1 heterocycles. The van der Waals surface area contributed by atoms with E-state index < -0.39 is 59.2 Å². The molecule has 4 atom stereocenters. The number of nitrogens with one attached hydrogen (secondary N) is 2. The molecule has 48 heavy (non-hydrogen) atoms. The van der Waals surface area contributed by atoms with Crippen molar-refractivity contribution in [3.8, 4) is 0 Å². The highest BCUT2D eigenvalue weighted by atomic mass is 16.5. The number of rotatable bonds is 19. The number of carbonyl (C=O) groups excluding carboxylic acids is 7. The molecular formula is C35H49N3O10. The number of carbonyl (C=O) groups is 8. The van der Waals surface area contributed by atoms with Gasteiger partial charge >= 0.3 is 5.97 Å². The summed E-state index contributed by atoms with van der Waals surface area (Å²) in [6.07, 6.45) is -1.82. The zero-order valence-electron chi connectivity index (χ0n) is 29.6. The topological polar surface area (TPSA) is 193 Å². The molecule has 0 spiro atoms. The largest absolute Gasteiger partial charge is 0.481 e. The molecule has 264 valence electrons. The van der Waals surface area contributed by atoms with Crippen molar-refractivity contribution in [2.75, 3.05) is 11.9 Å². The summed E-state index contributed by atoms with van der Waals surface area (Å²) in [6, 6.07) is 5.16. The third kappa shape index (κ3) is 12.6. The number of benzene rings is 1. The Bertz CT molecular complexity index is 1400. The minimum atomic E-state index is -1.18. The fourth-order valence-electron chi connectivity index (χ4n) is 5.56. The SMILES string of the molecule is [2H]C(=O)OCc1ccc(NC(=O)[C@H](CCC(=O)O)CC(=O)[C@H](C)NC(=O)[C@H](CC(=O)CCN2C(=O)CC(C(C)(C)C)C2=O)CC(C)C)cc1. The Hall–Kier alpha value is -4.42. The van der Waals surface area contributed by atoms with Crippen molar-refractivity contribution in [3.05, 3.63) is 29.8 Å². The first-order valence-corrected chi connectivity index (χ1v) is 16.2. The molecule has 0 bridgehead atoms. The molecular weight excluding hydrogens is 622 g/mol. The number of nitrogens with zero attached hydrogens (tertiary/aromatic N) is 1. The maximum atomic E-state index is 13.3. The number of amides is 4. The molecule has 0 radical (unpaired) electrons. The van der Waals surface area contributed by atoms with Gasteiger partial charge in [0.05, 0.1) is 12.0 Å². The van der Waals surface area contributed by atoms with Gasteiger partial charge in [-0.25, -0.2) is 0 Å². The number of hydrogen-bond donors (Lipinski definition) is 3. The Morgan fingerprint density at radius 3 is 2.21 bits per heavy atom. The van der Waals surface area contributed by atoms with Gasteiger partial charge in [-0.15, -0.1) is 0 Å². The number of carboxylic acid groups (broad SMARTS) is 1. The summed E-state index contributed by atoms with van der Waals surface area (Å²) in [6.45, 7) is 10.7. The summed E-state index contributed by atoms with van der Waals surface area (Å²) in [7, 11) is 0. The Kier molecular flexibility index (Phi) is 14.4. The first-order valence-electron chi connectivity index (χ1n) is 16.7. The number of ketones is 2. The predicted octanol–water partition coefficient (Wildman–Crippen LogP) is 3.68. The van der Waals surface area contributed by atoms with Gasteiger partial charge in [-0.1, -0.05) is 46.8 Å². The van der Waals surface area contributed by atoms with Crippen LogP contribution in [0.4, 0.5) is 5.69 Å². The second-order valence-corrected chi connectivity index (χ2v) is 13.9. The second-order valence-electron chi connectivity index (χ2n) is 13.9. The summed E-state index contributed by atoms with van der Waals surface area (Å²) in [4.78, 5) is 101. The highest BCUT2D eigenvalue weighted by Crippen LogP contribution is 2.35. The predicted molar refractivity (Wildman–Crippen MR) is 175 cm³/mol. The first-order chi connectivity index (χ1) is 22.8. The Balaban J connectivity index is 2.02. The third-order valence-corrected chi connectivity index (χ3v) is 8.39. The molecule has 1 saturated heterocycles. The number of hydrogen-bond acceptors (Lipinski definition) is 9. The van der Waals surface area contributed by atoms with Crippen molar-refractivity contribution in [2.24, 2.45) is 29.1 Å². The monoisotopic (exact) mass is 672 g/mol. The number of likely N-dealkylation sites (tertiary alicyclic amines) is 1. The van der Waals surface area contributed by atoms with Crippen molar-refractivity contribution >= 4 is 53.3 Å². The van der Waals surface area contributed by atoms with Crippen LogP contribution in [-0.2, 0) is 49.7 Å². The number of anilines is 1. The van der Waals surface area contributed by atoms with Crippen molar-refractivity contribution in [1.29, 1.82) is 0 Å². The zero-order chi connectivity index (χ0) is 37.1. The Morgan fingerprint density at radius 1 is 1.02 bits per heavy atom. The van der Waals surface area contributed by atoms with Gasteiger partial charge in [-0.05, 0) is 48.8 Å². The third-order valence-electron chi connectivity index (χ3n) is 8.39. The molecule has 1 aliphatic rings. The van der Waals surface area contributed by atoms with Crippen LogP contribution in [0.2, 0.25) is 0 Å². The quantitative estimate of drug-likeness (QED) is 0.144. The van der Waals surface area contributed by atoms with Crippen molar-refractivity contribution in [2.45, 2.75) is 99.1 Å². The number of imide groups is 1. The fraction of sp³-hybridized carbons (Fsp3) is 0.600. The lowest BCUT2D eigenvalue weighted by atomic mass is 9.80. The average molecular weight is 673 g/mol.